The lowest BCUT2D eigenvalue weighted by atomic mass is 10.4. The number of carbonyl (C=O) groups is 1. The molecule has 1 N–H and O–H groups in total. The van der Waals surface area contributed by atoms with Gasteiger partial charge in [0, 0.05) is 12.1 Å². The van der Waals surface area contributed by atoms with Gasteiger partial charge in [-0.2, -0.15) is 13.2 Å². The van der Waals surface area contributed by atoms with Crippen molar-refractivity contribution in [1.82, 2.24) is 10.2 Å². The molecule has 1 amide bonds. The van der Waals surface area contributed by atoms with E-state index in [1.807, 2.05) is 5.32 Å². The monoisotopic (exact) mass is 222 g/mol. The Morgan fingerprint density at radius 1 is 1.27 bits per heavy atom. The molecule has 1 saturated heterocycles. The summed E-state index contributed by atoms with van der Waals surface area (Å²) in [6, 6.07) is -0.156. The van der Waals surface area contributed by atoms with Crippen molar-refractivity contribution in [1.29, 1.82) is 0 Å². The fourth-order valence-electron chi connectivity index (χ4n) is 2.06. The number of likely N-dealkylation sites (tertiary alicyclic amines) is 1. The van der Waals surface area contributed by atoms with Crippen LogP contribution in [0, 0.1) is 0 Å². The molecule has 1 saturated carbocycles. The summed E-state index contributed by atoms with van der Waals surface area (Å²) in [7, 11) is 0. The highest BCUT2D eigenvalue weighted by Crippen LogP contribution is 2.31. The molecule has 2 aliphatic rings. The Morgan fingerprint density at radius 3 is 2.40 bits per heavy atom. The summed E-state index contributed by atoms with van der Waals surface area (Å²) in [5, 5.41) is 2.02. The Kier molecular flexibility index (Phi) is 2.62. The van der Waals surface area contributed by atoms with Gasteiger partial charge in [0.15, 0.2) is 0 Å². The van der Waals surface area contributed by atoms with E-state index in [4.69, 9.17) is 0 Å². The first kappa shape index (κ1) is 10.7. The zero-order valence-electron chi connectivity index (χ0n) is 8.18. The smallest absolute Gasteiger partial charge is 0.344 e. The van der Waals surface area contributed by atoms with Crippen LogP contribution in [0.5, 0.6) is 0 Å². The molecular weight excluding hydrogens is 209 g/mol. The number of nitrogens with one attached hydrogen (secondary N) is 1. The summed E-state index contributed by atoms with van der Waals surface area (Å²) in [5.41, 5.74) is 0. The first-order valence-corrected chi connectivity index (χ1v) is 5.10. The van der Waals surface area contributed by atoms with Gasteiger partial charge in [0.2, 0.25) is 0 Å². The van der Waals surface area contributed by atoms with Crippen molar-refractivity contribution in [2.45, 2.75) is 37.5 Å². The maximum atomic E-state index is 11.9. The minimum Gasteiger partial charge on any atom is -0.344 e. The average molecular weight is 222 g/mol. The second-order valence-electron chi connectivity index (χ2n) is 4.12. The van der Waals surface area contributed by atoms with Gasteiger partial charge in [0.1, 0.15) is 0 Å². The minimum absolute atomic E-state index is 0.138. The zero-order valence-corrected chi connectivity index (χ0v) is 8.18. The standard InChI is InChI=1S/C9H13F3N2O/c10-9(11,12)8(15)13-6-5-7(6)14-3-1-2-4-14/h6-7H,1-5H2,(H,13,15). The van der Waals surface area contributed by atoms with Crippen molar-refractivity contribution in [3.63, 3.8) is 0 Å². The van der Waals surface area contributed by atoms with Crippen molar-refractivity contribution in [2.75, 3.05) is 13.1 Å². The van der Waals surface area contributed by atoms with E-state index < -0.39 is 12.1 Å². The van der Waals surface area contributed by atoms with E-state index >= 15 is 0 Å². The summed E-state index contributed by atoms with van der Waals surface area (Å²) >= 11 is 0. The highest BCUT2D eigenvalue weighted by molar-refractivity contribution is 5.82. The summed E-state index contributed by atoms with van der Waals surface area (Å²) in [4.78, 5) is 12.8. The van der Waals surface area contributed by atoms with Gasteiger partial charge in [-0.3, -0.25) is 9.69 Å². The number of amides is 1. The maximum absolute atomic E-state index is 11.9. The van der Waals surface area contributed by atoms with Crippen molar-refractivity contribution >= 4 is 5.91 Å². The van der Waals surface area contributed by atoms with Crippen molar-refractivity contribution in [3.8, 4) is 0 Å². The molecule has 86 valence electrons. The van der Waals surface area contributed by atoms with Gasteiger partial charge < -0.3 is 5.32 Å². The fourth-order valence-corrected chi connectivity index (χ4v) is 2.06. The predicted octanol–water partition coefficient (Wildman–Crippen LogP) is 0.902. The van der Waals surface area contributed by atoms with E-state index in [2.05, 4.69) is 4.90 Å². The van der Waals surface area contributed by atoms with Crippen molar-refractivity contribution in [3.05, 3.63) is 0 Å². The van der Waals surface area contributed by atoms with Gasteiger partial charge in [-0.05, 0) is 32.4 Å². The van der Waals surface area contributed by atoms with Gasteiger partial charge >= 0.3 is 12.1 Å². The van der Waals surface area contributed by atoms with Crippen LogP contribution in [-0.2, 0) is 4.79 Å². The molecule has 0 aromatic rings. The molecule has 0 radical (unpaired) electrons. The number of hydrogen-bond donors (Lipinski definition) is 1. The lowest BCUT2D eigenvalue weighted by Gasteiger charge is -2.14. The van der Waals surface area contributed by atoms with Crippen molar-refractivity contribution < 1.29 is 18.0 Å². The Hall–Kier alpha value is -0.780. The first-order valence-electron chi connectivity index (χ1n) is 5.10. The highest BCUT2D eigenvalue weighted by atomic mass is 19.4. The largest absolute Gasteiger partial charge is 0.471 e. The third-order valence-electron chi connectivity index (χ3n) is 2.94. The number of rotatable bonds is 2. The number of hydrogen-bond acceptors (Lipinski definition) is 2. The zero-order chi connectivity index (χ0) is 11.1. The molecule has 1 heterocycles. The van der Waals surface area contributed by atoms with Crippen LogP contribution in [-0.4, -0.2) is 42.2 Å². The lowest BCUT2D eigenvalue weighted by molar-refractivity contribution is -0.173. The highest BCUT2D eigenvalue weighted by Gasteiger charge is 2.48. The summed E-state index contributed by atoms with van der Waals surface area (Å²) in [6.07, 6.45) is -1.88. The Bertz CT molecular complexity index is 261. The van der Waals surface area contributed by atoms with Crippen LogP contribution in [0.25, 0.3) is 0 Å². The second kappa shape index (κ2) is 3.66. The molecule has 15 heavy (non-hydrogen) atoms. The van der Waals surface area contributed by atoms with Crippen LogP contribution in [0.1, 0.15) is 19.3 Å². The maximum Gasteiger partial charge on any atom is 0.471 e. The van der Waals surface area contributed by atoms with Crippen LogP contribution < -0.4 is 5.32 Å². The van der Waals surface area contributed by atoms with E-state index in [1.54, 1.807) is 0 Å². The molecule has 0 bridgehead atoms. The first-order chi connectivity index (χ1) is 6.98. The van der Waals surface area contributed by atoms with E-state index in [1.165, 1.54) is 0 Å². The molecule has 3 nitrogen and oxygen atoms in total. The molecule has 1 aliphatic carbocycles. The molecule has 2 unspecified atom stereocenters. The van der Waals surface area contributed by atoms with Crippen LogP contribution in [0.2, 0.25) is 0 Å². The average Bonchev–Trinajstić information content (AvgIpc) is 2.70. The molecule has 1 aliphatic heterocycles. The number of carbonyl (C=O) groups excluding carboxylic acids is 1. The molecule has 0 spiro atoms. The third kappa shape index (κ3) is 2.42. The minimum atomic E-state index is -4.75. The summed E-state index contributed by atoms with van der Waals surface area (Å²) in [6.45, 7) is 1.89. The Morgan fingerprint density at radius 2 is 1.87 bits per heavy atom. The summed E-state index contributed by atoms with van der Waals surface area (Å²) < 4.78 is 35.7. The topological polar surface area (TPSA) is 32.3 Å². The van der Waals surface area contributed by atoms with Crippen molar-refractivity contribution in [2.24, 2.45) is 0 Å². The van der Waals surface area contributed by atoms with Gasteiger partial charge in [0.25, 0.3) is 0 Å². The molecule has 2 atom stereocenters. The Labute approximate surface area is 85.6 Å². The number of alkyl halides is 3. The van der Waals surface area contributed by atoms with E-state index in [0.29, 0.717) is 6.42 Å². The molecular formula is C9H13F3N2O. The normalized spacial score (nSPS) is 31.7. The number of nitrogens with zero attached hydrogens (tertiary/aromatic N) is 1. The quantitative estimate of drug-likeness (QED) is 0.753. The van der Waals surface area contributed by atoms with Crippen LogP contribution >= 0.6 is 0 Å². The predicted molar refractivity (Wildman–Crippen MR) is 47.2 cm³/mol. The van der Waals surface area contributed by atoms with Gasteiger partial charge in [-0.25, -0.2) is 0 Å². The molecule has 0 aromatic carbocycles. The van der Waals surface area contributed by atoms with Gasteiger partial charge in [-0.15, -0.1) is 0 Å². The fraction of sp³-hybridized carbons (Fsp3) is 0.889. The van der Waals surface area contributed by atoms with Gasteiger partial charge in [0.05, 0.1) is 0 Å². The van der Waals surface area contributed by atoms with E-state index in [-0.39, 0.29) is 12.1 Å². The Balaban J connectivity index is 1.77. The van der Waals surface area contributed by atoms with Crippen LogP contribution in [0.3, 0.4) is 0 Å². The SMILES string of the molecule is O=C(NC1CC1N1CCCC1)C(F)(F)F. The van der Waals surface area contributed by atoms with E-state index in [9.17, 15) is 18.0 Å². The number of halogens is 3. The van der Waals surface area contributed by atoms with Crippen LogP contribution in [0.15, 0.2) is 0 Å². The molecule has 2 fully saturated rings. The molecule has 2 rings (SSSR count). The van der Waals surface area contributed by atoms with E-state index in [0.717, 1.165) is 25.9 Å². The lowest BCUT2D eigenvalue weighted by Crippen LogP contribution is -2.41. The third-order valence-corrected chi connectivity index (χ3v) is 2.94. The van der Waals surface area contributed by atoms with Crippen LogP contribution in [0.4, 0.5) is 13.2 Å². The molecule has 6 heteroatoms. The summed E-state index contributed by atoms with van der Waals surface area (Å²) in [5.74, 6) is -1.81. The van der Waals surface area contributed by atoms with Gasteiger partial charge in [-0.1, -0.05) is 0 Å². The molecule has 0 aromatic heterocycles. The second-order valence-corrected chi connectivity index (χ2v) is 4.12.